The number of aliphatic hydroxyl groups is 3. The Morgan fingerprint density at radius 1 is 1.37 bits per heavy atom. The maximum Gasteiger partial charge on any atom is 0.190 e. The largest absolute Gasteiger partial charge is 0.390 e. The molecule has 4 aliphatic rings. The van der Waals surface area contributed by atoms with Crippen molar-refractivity contribution in [1.82, 2.24) is 0 Å². The van der Waals surface area contributed by atoms with E-state index in [0.717, 1.165) is 5.57 Å². The number of halogens is 1. The molecule has 0 radical (unpaired) electrons. The number of fused-ring (bicyclic) bond motifs is 5. The summed E-state index contributed by atoms with van der Waals surface area (Å²) in [7, 11) is 0. The van der Waals surface area contributed by atoms with Gasteiger partial charge in [0.15, 0.2) is 11.6 Å². The van der Waals surface area contributed by atoms with Crippen molar-refractivity contribution in [1.29, 1.82) is 0 Å². The van der Waals surface area contributed by atoms with Gasteiger partial charge in [0, 0.05) is 17.3 Å². The van der Waals surface area contributed by atoms with E-state index in [2.05, 4.69) is 0 Å². The number of hydrogen-bond donors (Lipinski definition) is 3. The molecule has 3 saturated carbocycles. The average Bonchev–Trinajstić information content (AvgIpc) is 2.82. The van der Waals surface area contributed by atoms with Crippen LogP contribution in [0.4, 0.5) is 4.39 Å². The molecule has 0 heterocycles. The maximum atomic E-state index is 16.5. The zero-order valence-corrected chi connectivity index (χ0v) is 15.7. The van der Waals surface area contributed by atoms with E-state index >= 15 is 4.39 Å². The Balaban J connectivity index is 1.79. The van der Waals surface area contributed by atoms with E-state index in [1.165, 1.54) is 12.2 Å². The molecule has 0 amide bonds. The molecule has 0 saturated heterocycles. The lowest BCUT2D eigenvalue weighted by molar-refractivity contribution is -0.206. The number of hydrogen-bond acceptors (Lipinski definition) is 5. The molecule has 4 rings (SSSR count). The van der Waals surface area contributed by atoms with Crippen LogP contribution in [0, 0.1) is 29.1 Å². The standard InChI is InChI=1S/C21H27FO5/c1-11-7-16-15-5-3-12-8-13(24)4-6-14(12)20(15,22)17(25)9-19(16,2)21(11,27)18(26)10-23/h4,6,8,11,14-17,23,25,27H,3,5,7,9-10H2,1-2H3/t11-,14?,15+,16+,17+,19+,20+,21+/m1/s1. The fraction of sp³-hybridized carbons (Fsp3) is 0.714. The molecule has 0 aromatic heterocycles. The second-order valence-corrected chi connectivity index (χ2v) is 9.16. The number of ketones is 2. The Labute approximate surface area is 158 Å². The van der Waals surface area contributed by atoms with E-state index in [9.17, 15) is 24.9 Å². The lowest BCUT2D eigenvalue weighted by Gasteiger charge is -2.59. The van der Waals surface area contributed by atoms with Crippen LogP contribution >= 0.6 is 0 Å². The second-order valence-electron chi connectivity index (χ2n) is 9.16. The second kappa shape index (κ2) is 5.82. The van der Waals surface area contributed by atoms with Gasteiger partial charge in [0.05, 0.1) is 6.10 Å². The van der Waals surface area contributed by atoms with Crippen molar-refractivity contribution in [2.24, 2.45) is 29.1 Å². The Morgan fingerprint density at radius 2 is 2.07 bits per heavy atom. The fourth-order valence-corrected chi connectivity index (χ4v) is 6.88. The first-order valence-corrected chi connectivity index (χ1v) is 9.76. The first kappa shape index (κ1) is 19.0. The van der Waals surface area contributed by atoms with Crippen LogP contribution in [0.25, 0.3) is 0 Å². The lowest BCUT2D eigenvalue weighted by atomic mass is 9.48. The summed E-state index contributed by atoms with van der Waals surface area (Å²) < 4.78 is 16.5. The van der Waals surface area contributed by atoms with Gasteiger partial charge >= 0.3 is 0 Å². The minimum atomic E-state index is -1.92. The summed E-state index contributed by atoms with van der Waals surface area (Å²) in [6, 6.07) is 0. The Hall–Kier alpha value is -1.37. The van der Waals surface area contributed by atoms with Gasteiger partial charge < -0.3 is 15.3 Å². The number of aliphatic hydroxyl groups excluding tert-OH is 2. The van der Waals surface area contributed by atoms with Crippen molar-refractivity contribution < 1.29 is 29.3 Å². The summed E-state index contributed by atoms with van der Waals surface area (Å²) in [5.74, 6) is -2.69. The smallest absolute Gasteiger partial charge is 0.190 e. The fourth-order valence-electron chi connectivity index (χ4n) is 6.88. The highest BCUT2D eigenvalue weighted by molar-refractivity contribution is 6.01. The first-order chi connectivity index (χ1) is 12.6. The number of carbonyl (C=O) groups is 2. The van der Waals surface area contributed by atoms with Crippen LogP contribution in [0.1, 0.15) is 39.5 Å². The van der Waals surface area contributed by atoms with Crippen LogP contribution in [-0.2, 0) is 9.59 Å². The summed E-state index contributed by atoms with van der Waals surface area (Å²) in [4.78, 5) is 24.2. The minimum Gasteiger partial charge on any atom is -0.390 e. The van der Waals surface area contributed by atoms with Gasteiger partial charge in [-0.3, -0.25) is 9.59 Å². The third kappa shape index (κ3) is 2.15. The summed E-state index contributed by atoms with van der Waals surface area (Å²) in [5, 5.41) is 31.7. The molecule has 6 heteroatoms. The molecule has 0 aliphatic heterocycles. The van der Waals surface area contributed by atoms with Crippen molar-refractivity contribution in [3.05, 3.63) is 23.8 Å². The third-order valence-electron chi connectivity index (χ3n) is 8.16. The number of allylic oxidation sites excluding steroid dienone is 4. The van der Waals surface area contributed by atoms with Crippen molar-refractivity contribution in [2.45, 2.75) is 56.9 Å². The molecule has 3 fully saturated rings. The van der Waals surface area contributed by atoms with Crippen LogP contribution < -0.4 is 0 Å². The minimum absolute atomic E-state index is 0.0528. The van der Waals surface area contributed by atoms with Gasteiger partial charge in [0.1, 0.15) is 17.9 Å². The van der Waals surface area contributed by atoms with E-state index in [4.69, 9.17) is 0 Å². The van der Waals surface area contributed by atoms with Crippen LogP contribution in [-0.4, -0.2) is 50.9 Å². The topological polar surface area (TPSA) is 94.8 Å². The summed E-state index contributed by atoms with van der Waals surface area (Å²) in [5.41, 5.74) is -3.97. The molecular weight excluding hydrogens is 351 g/mol. The van der Waals surface area contributed by atoms with Crippen LogP contribution in [0.2, 0.25) is 0 Å². The average molecular weight is 378 g/mol. The SMILES string of the molecule is C[C@@H]1C[C@H]2[C@@H]3CCC4=CC(=O)C=CC4[C@@]3(F)[C@@H](O)C[C@]2(C)[C@@]1(O)C(=O)CO. The number of alkyl halides is 1. The van der Waals surface area contributed by atoms with E-state index < -0.39 is 52.9 Å². The molecule has 0 bridgehead atoms. The predicted molar refractivity (Wildman–Crippen MR) is 95.3 cm³/mol. The number of rotatable bonds is 2. The van der Waals surface area contributed by atoms with Gasteiger partial charge in [-0.1, -0.05) is 25.5 Å². The van der Waals surface area contributed by atoms with Gasteiger partial charge in [0.2, 0.25) is 0 Å². The molecule has 0 aromatic rings. The highest BCUT2D eigenvalue weighted by atomic mass is 19.1. The number of carbonyl (C=O) groups excluding carboxylic acids is 2. The maximum absolute atomic E-state index is 16.5. The normalized spacial score (nSPS) is 51.3. The quantitative estimate of drug-likeness (QED) is 0.677. The molecular formula is C21H27FO5. The summed E-state index contributed by atoms with van der Waals surface area (Å²) >= 11 is 0. The van der Waals surface area contributed by atoms with Crippen molar-refractivity contribution >= 4 is 11.6 Å². The van der Waals surface area contributed by atoms with Crippen LogP contribution in [0.15, 0.2) is 23.8 Å². The van der Waals surface area contributed by atoms with Gasteiger partial charge in [-0.15, -0.1) is 0 Å². The Morgan fingerprint density at radius 3 is 2.74 bits per heavy atom. The third-order valence-corrected chi connectivity index (χ3v) is 8.16. The highest BCUT2D eigenvalue weighted by Crippen LogP contribution is 2.68. The Kier molecular flexibility index (Phi) is 4.09. The zero-order valence-electron chi connectivity index (χ0n) is 15.7. The summed E-state index contributed by atoms with van der Waals surface area (Å²) in [6.07, 6.45) is 4.49. The van der Waals surface area contributed by atoms with Gasteiger partial charge in [0.25, 0.3) is 0 Å². The number of Topliss-reactive ketones (excluding diaryl/α,β-unsaturated/α-hetero) is 1. The lowest BCUT2D eigenvalue weighted by Crippen LogP contribution is -2.67. The molecule has 148 valence electrons. The van der Waals surface area contributed by atoms with Gasteiger partial charge in [-0.05, 0) is 49.7 Å². The predicted octanol–water partition coefficient (Wildman–Crippen LogP) is 1.51. The molecule has 0 aromatic carbocycles. The van der Waals surface area contributed by atoms with Crippen molar-refractivity contribution in [3.8, 4) is 0 Å². The molecule has 5 nitrogen and oxygen atoms in total. The van der Waals surface area contributed by atoms with Crippen molar-refractivity contribution in [3.63, 3.8) is 0 Å². The molecule has 1 unspecified atom stereocenters. The monoisotopic (exact) mass is 378 g/mol. The van der Waals surface area contributed by atoms with Crippen LogP contribution in [0.3, 0.4) is 0 Å². The zero-order chi connectivity index (χ0) is 19.8. The first-order valence-electron chi connectivity index (χ1n) is 9.76. The van der Waals surface area contributed by atoms with Gasteiger partial charge in [-0.2, -0.15) is 0 Å². The molecule has 4 aliphatic carbocycles. The van der Waals surface area contributed by atoms with E-state index in [1.54, 1.807) is 19.9 Å². The van der Waals surface area contributed by atoms with Crippen molar-refractivity contribution in [2.75, 3.05) is 6.61 Å². The van der Waals surface area contributed by atoms with Gasteiger partial charge in [-0.25, -0.2) is 4.39 Å². The van der Waals surface area contributed by atoms with Crippen LogP contribution in [0.5, 0.6) is 0 Å². The van der Waals surface area contributed by atoms with E-state index in [-0.39, 0.29) is 18.1 Å². The highest BCUT2D eigenvalue weighted by Gasteiger charge is 2.73. The van der Waals surface area contributed by atoms with E-state index in [0.29, 0.717) is 19.3 Å². The summed E-state index contributed by atoms with van der Waals surface area (Å²) in [6.45, 7) is 2.74. The molecule has 27 heavy (non-hydrogen) atoms. The molecule has 0 spiro atoms. The Bertz CT molecular complexity index is 760. The van der Waals surface area contributed by atoms with E-state index in [1.807, 2.05) is 0 Å². The molecule has 8 atom stereocenters. The molecule has 3 N–H and O–H groups in total.